The van der Waals surface area contributed by atoms with Gasteiger partial charge in [0.1, 0.15) is 0 Å². The highest BCUT2D eigenvalue weighted by Gasteiger charge is 1.87. The molecule has 0 heterocycles. The molecule has 0 aliphatic rings. The lowest BCUT2D eigenvalue weighted by molar-refractivity contribution is -0.106. The average molecular weight is 233 g/mol. The van der Waals surface area contributed by atoms with Crippen LogP contribution in [0.1, 0.15) is 45.4 Å². The minimum atomic E-state index is -0.0314. The number of allylic oxidation sites excluding steroid dienone is 2. The van der Waals surface area contributed by atoms with Crippen LogP contribution in [0.4, 0.5) is 0 Å². The largest absolute Gasteiger partial charge is 0.282 e. The van der Waals surface area contributed by atoms with Gasteiger partial charge in [-0.15, -0.1) is 0 Å². The molecule has 2 heteroatoms. The van der Waals surface area contributed by atoms with E-state index in [1.165, 1.54) is 32.1 Å². The lowest BCUT2D eigenvalue weighted by atomic mass is 10.1. The molecule has 0 saturated heterocycles. The molecule has 0 aromatic carbocycles. The van der Waals surface area contributed by atoms with E-state index in [2.05, 4.69) is 22.9 Å². The fourth-order valence-electron chi connectivity index (χ4n) is 1.04. The number of hydrogen-bond acceptors (Lipinski definition) is 1. The van der Waals surface area contributed by atoms with Gasteiger partial charge in [-0.05, 0) is 34.8 Å². The van der Waals surface area contributed by atoms with Gasteiger partial charge >= 0.3 is 0 Å². The van der Waals surface area contributed by atoms with Crippen LogP contribution in [0.3, 0.4) is 0 Å². The first kappa shape index (κ1) is 11.9. The normalized spacial score (nSPS) is 10.8. The first-order chi connectivity index (χ1) is 5.77. The predicted molar refractivity (Wildman–Crippen MR) is 56.5 cm³/mol. The van der Waals surface area contributed by atoms with Crippen molar-refractivity contribution in [2.24, 2.45) is 0 Å². The van der Waals surface area contributed by atoms with Crippen molar-refractivity contribution in [1.82, 2.24) is 0 Å². The Balaban J connectivity index is 3.05. The van der Waals surface area contributed by atoms with Crippen LogP contribution in [0.5, 0.6) is 0 Å². The summed E-state index contributed by atoms with van der Waals surface area (Å²) in [7, 11) is 0. The van der Waals surface area contributed by atoms with Crippen molar-refractivity contribution in [2.45, 2.75) is 45.4 Å². The number of unbranched alkanes of at least 4 members (excludes halogenated alkanes) is 5. The minimum absolute atomic E-state index is 0.0314. The lowest BCUT2D eigenvalue weighted by Gasteiger charge is -1.95. The van der Waals surface area contributed by atoms with E-state index in [-0.39, 0.29) is 4.69 Å². The highest BCUT2D eigenvalue weighted by Crippen LogP contribution is 2.05. The van der Waals surface area contributed by atoms with Crippen molar-refractivity contribution < 1.29 is 4.79 Å². The summed E-state index contributed by atoms with van der Waals surface area (Å²) in [6, 6.07) is 0. The van der Waals surface area contributed by atoms with Gasteiger partial charge in [0.05, 0.1) is 0 Å². The predicted octanol–water partition coefficient (Wildman–Crippen LogP) is 3.82. The molecule has 0 unspecified atom stereocenters. The van der Waals surface area contributed by atoms with Gasteiger partial charge in [-0.2, -0.15) is 0 Å². The van der Waals surface area contributed by atoms with Crippen molar-refractivity contribution in [1.29, 1.82) is 0 Å². The maximum atomic E-state index is 10.4. The van der Waals surface area contributed by atoms with Gasteiger partial charge in [-0.25, -0.2) is 0 Å². The van der Waals surface area contributed by atoms with E-state index in [9.17, 15) is 4.79 Å². The van der Waals surface area contributed by atoms with E-state index in [0.717, 1.165) is 6.42 Å². The maximum absolute atomic E-state index is 10.4. The summed E-state index contributed by atoms with van der Waals surface area (Å²) >= 11 is 2.84. The molecule has 12 heavy (non-hydrogen) atoms. The third kappa shape index (κ3) is 9.89. The molecule has 0 atom stereocenters. The lowest BCUT2D eigenvalue weighted by Crippen LogP contribution is -1.77. The molecule has 0 amide bonds. The van der Waals surface area contributed by atoms with Crippen LogP contribution >= 0.6 is 15.9 Å². The maximum Gasteiger partial charge on any atom is 0.220 e. The zero-order chi connectivity index (χ0) is 9.23. The van der Waals surface area contributed by atoms with E-state index < -0.39 is 0 Å². The number of carbonyl (C=O) groups excluding carboxylic acids is 1. The molecule has 0 fully saturated rings. The van der Waals surface area contributed by atoms with E-state index in [0.29, 0.717) is 0 Å². The molecule has 0 bridgehead atoms. The standard InChI is InChI=1S/C10H17BrO/c1-2-3-4-5-6-7-8-9-10(11)12/h8-9H,2-7H2,1H3. The van der Waals surface area contributed by atoms with Crippen LogP contribution in [-0.2, 0) is 4.79 Å². The highest BCUT2D eigenvalue weighted by atomic mass is 79.9. The molecular weight excluding hydrogens is 216 g/mol. The Bertz CT molecular complexity index is 141. The molecule has 0 aliphatic carbocycles. The van der Waals surface area contributed by atoms with Gasteiger partial charge < -0.3 is 0 Å². The van der Waals surface area contributed by atoms with Crippen molar-refractivity contribution >= 4 is 20.6 Å². The Morgan fingerprint density at radius 3 is 2.50 bits per heavy atom. The monoisotopic (exact) mass is 232 g/mol. The Kier molecular flexibility index (Phi) is 8.90. The SMILES string of the molecule is CCCCCCCC=CC(=O)Br. The second-order valence-corrected chi connectivity index (χ2v) is 3.69. The van der Waals surface area contributed by atoms with Gasteiger partial charge in [0.15, 0.2) is 0 Å². The van der Waals surface area contributed by atoms with Crippen LogP contribution < -0.4 is 0 Å². The van der Waals surface area contributed by atoms with Crippen molar-refractivity contribution in [2.75, 3.05) is 0 Å². The van der Waals surface area contributed by atoms with Gasteiger partial charge in [0, 0.05) is 0 Å². The third-order valence-electron chi connectivity index (χ3n) is 1.72. The van der Waals surface area contributed by atoms with Crippen molar-refractivity contribution in [3.05, 3.63) is 12.2 Å². The second-order valence-electron chi connectivity index (χ2n) is 2.91. The van der Waals surface area contributed by atoms with Crippen LogP contribution in [0, 0.1) is 0 Å². The molecule has 1 nitrogen and oxygen atoms in total. The van der Waals surface area contributed by atoms with Gasteiger partial charge in [-0.3, -0.25) is 4.79 Å². The van der Waals surface area contributed by atoms with Gasteiger partial charge in [0.25, 0.3) is 0 Å². The second kappa shape index (κ2) is 8.98. The zero-order valence-corrected chi connectivity index (χ0v) is 9.27. The van der Waals surface area contributed by atoms with Crippen LogP contribution in [0.15, 0.2) is 12.2 Å². The van der Waals surface area contributed by atoms with E-state index in [1.54, 1.807) is 6.08 Å². The number of halogens is 1. The summed E-state index contributed by atoms with van der Waals surface area (Å²) in [6.45, 7) is 2.21. The van der Waals surface area contributed by atoms with Gasteiger partial charge in [-0.1, -0.05) is 38.7 Å². The Morgan fingerprint density at radius 1 is 1.25 bits per heavy atom. The smallest absolute Gasteiger partial charge is 0.220 e. The molecule has 0 radical (unpaired) electrons. The summed E-state index contributed by atoms with van der Waals surface area (Å²) in [5, 5.41) is 0. The molecule has 0 aromatic rings. The summed E-state index contributed by atoms with van der Waals surface area (Å²) in [5.41, 5.74) is 0. The molecule has 70 valence electrons. The summed E-state index contributed by atoms with van der Waals surface area (Å²) in [4.78, 5) is 10.4. The summed E-state index contributed by atoms with van der Waals surface area (Å²) < 4.78 is -0.0314. The Hall–Kier alpha value is -0.110. The Morgan fingerprint density at radius 2 is 1.92 bits per heavy atom. The molecule has 0 aliphatic heterocycles. The molecule has 0 saturated carbocycles. The highest BCUT2D eigenvalue weighted by molar-refractivity contribution is 9.18. The van der Waals surface area contributed by atoms with Crippen LogP contribution in [0.2, 0.25) is 0 Å². The molecular formula is C10H17BrO. The van der Waals surface area contributed by atoms with Crippen molar-refractivity contribution in [3.8, 4) is 0 Å². The summed E-state index contributed by atoms with van der Waals surface area (Å²) in [6.07, 6.45) is 11.0. The van der Waals surface area contributed by atoms with Crippen LogP contribution in [-0.4, -0.2) is 4.69 Å². The van der Waals surface area contributed by atoms with E-state index >= 15 is 0 Å². The first-order valence-electron chi connectivity index (χ1n) is 4.63. The Labute approximate surface area is 83.4 Å². The topological polar surface area (TPSA) is 17.1 Å². The van der Waals surface area contributed by atoms with E-state index in [1.807, 2.05) is 6.08 Å². The quantitative estimate of drug-likeness (QED) is 0.371. The van der Waals surface area contributed by atoms with Crippen LogP contribution in [0.25, 0.3) is 0 Å². The molecule has 0 rings (SSSR count). The molecule has 0 N–H and O–H groups in total. The summed E-state index contributed by atoms with van der Waals surface area (Å²) in [5.74, 6) is 0. The minimum Gasteiger partial charge on any atom is -0.282 e. The van der Waals surface area contributed by atoms with Crippen molar-refractivity contribution in [3.63, 3.8) is 0 Å². The fraction of sp³-hybridized carbons (Fsp3) is 0.700. The average Bonchev–Trinajstić information content (AvgIpc) is 2.02. The van der Waals surface area contributed by atoms with Gasteiger partial charge in [0.2, 0.25) is 4.69 Å². The first-order valence-corrected chi connectivity index (χ1v) is 5.42. The zero-order valence-electron chi connectivity index (χ0n) is 7.68. The van der Waals surface area contributed by atoms with E-state index in [4.69, 9.17) is 0 Å². The fourth-order valence-corrected chi connectivity index (χ4v) is 1.23. The molecule has 0 aromatic heterocycles. The third-order valence-corrected chi connectivity index (χ3v) is 1.99. The number of carbonyl (C=O) groups is 1. The number of hydrogen-bond donors (Lipinski definition) is 0. The molecule has 0 spiro atoms. The number of rotatable bonds is 7.